The van der Waals surface area contributed by atoms with Crippen LogP contribution < -0.4 is 26.4 Å². The largest absolute Gasteiger partial charge is 0.478 e. The van der Waals surface area contributed by atoms with E-state index in [0.717, 1.165) is 17.0 Å². The zero-order chi connectivity index (χ0) is 31.5. The molecule has 0 radical (unpaired) electrons. The van der Waals surface area contributed by atoms with Gasteiger partial charge in [-0.05, 0) is 34.8 Å². The van der Waals surface area contributed by atoms with Crippen LogP contribution >= 0.6 is 0 Å². The van der Waals surface area contributed by atoms with Gasteiger partial charge in [0.1, 0.15) is 29.7 Å². The number of ether oxygens (including phenoxy) is 1. The number of hydrogen-bond donors (Lipinski definition) is 4. The number of rotatable bonds is 7. The Hall–Kier alpha value is -3.91. The Balaban J connectivity index is 1.54. The lowest BCUT2D eigenvalue weighted by Gasteiger charge is -2.38. The number of nitrogens with zero attached hydrogens (tertiary/aromatic N) is 1. The van der Waals surface area contributed by atoms with Gasteiger partial charge >= 0.3 is 12.1 Å². The maximum atomic E-state index is 13.6. The molecule has 3 aliphatic rings. The lowest BCUT2D eigenvalue weighted by atomic mass is 9.85. The van der Waals surface area contributed by atoms with E-state index in [2.05, 4.69) is 10.6 Å². The molecule has 2 aliphatic heterocycles. The maximum Gasteiger partial charge on any atom is 0.471 e. The van der Waals surface area contributed by atoms with Crippen LogP contribution in [-0.4, -0.2) is 71.4 Å². The molecular formula is C27H33F4N5O6. The van der Waals surface area contributed by atoms with Crippen molar-refractivity contribution < 1.29 is 46.3 Å². The third kappa shape index (κ3) is 5.86. The number of halogens is 4. The lowest BCUT2D eigenvalue weighted by molar-refractivity contribution is -0.176. The second kappa shape index (κ2) is 10.4. The SMILES string of the molecule is CC(C)(C)C(NC(=O)C(F)(F)F)C(=O)N1C[C@H]2[C@@H]([C@H]1C(=O)NC(C[C@@H]1Oc3ccc(F)cc3NC1=O)C(N)=O)C2(C)C. The standard InChI is InChI=1S/C27H33F4N5O6/c1-25(2,3)19(35-24(41)27(29,30)31)23(40)36-10-12-17(26(12,4)5)18(36)22(39)34-14(20(32)37)9-16-21(38)33-13-8-11(28)6-7-15(13)42-16/h6-8,12,14,16-19H,9-10H2,1-5H3,(H2,32,37)(H,33,38)(H,34,39)(H,35,41)/t12-,14?,16-,17-,18-,19?/m0/s1. The molecule has 1 saturated heterocycles. The summed E-state index contributed by atoms with van der Waals surface area (Å²) in [5.41, 5.74) is 4.08. The number of fused-ring (bicyclic) bond motifs is 2. The molecule has 0 spiro atoms. The fraction of sp³-hybridized carbons (Fsp3) is 0.593. The highest BCUT2D eigenvalue weighted by molar-refractivity contribution is 5.99. The summed E-state index contributed by atoms with van der Waals surface area (Å²) in [5, 5.41) is 6.72. The van der Waals surface area contributed by atoms with Gasteiger partial charge in [-0.3, -0.25) is 24.0 Å². The van der Waals surface area contributed by atoms with Gasteiger partial charge in [0.05, 0.1) is 5.69 Å². The molecule has 15 heteroatoms. The van der Waals surface area contributed by atoms with Crippen LogP contribution in [0.2, 0.25) is 0 Å². The molecule has 2 unspecified atom stereocenters. The second-order valence-corrected chi connectivity index (χ2v) is 12.6. The Morgan fingerprint density at radius 1 is 1.17 bits per heavy atom. The third-order valence-electron chi connectivity index (χ3n) is 8.28. The highest BCUT2D eigenvalue weighted by Gasteiger charge is 2.70. The fourth-order valence-corrected chi connectivity index (χ4v) is 5.84. The Morgan fingerprint density at radius 3 is 2.38 bits per heavy atom. The van der Waals surface area contributed by atoms with Crippen molar-refractivity contribution in [2.75, 3.05) is 11.9 Å². The molecule has 1 aliphatic carbocycles. The third-order valence-corrected chi connectivity index (χ3v) is 8.28. The summed E-state index contributed by atoms with van der Waals surface area (Å²) in [7, 11) is 0. The van der Waals surface area contributed by atoms with E-state index in [1.807, 2.05) is 13.8 Å². The number of likely N-dealkylation sites (tertiary alicyclic amines) is 1. The lowest BCUT2D eigenvalue weighted by Crippen LogP contribution is -2.61. The van der Waals surface area contributed by atoms with Crippen LogP contribution in [0, 0.1) is 28.5 Å². The topological polar surface area (TPSA) is 160 Å². The minimum absolute atomic E-state index is 0.0474. The molecule has 4 rings (SSSR count). The summed E-state index contributed by atoms with van der Waals surface area (Å²) in [6, 6.07) is -0.775. The van der Waals surface area contributed by atoms with Gasteiger partial charge in [0.15, 0.2) is 6.10 Å². The summed E-state index contributed by atoms with van der Waals surface area (Å²) >= 11 is 0. The fourth-order valence-electron chi connectivity index (χ4n) is 5.84. The van der Waals surface area contributed by atoms with Crippen molar-refractivity contribution in [3.8, 4) is 5.75 Å². The summed E-state index contributed by atoms with van der Waals surface area (Å²) < 4.78 is 58.3. The van der Waals surface area contributed by atoms with Gasteiger partial charge in [0.25, 0.3) is 5.91 Å². The molecule has 11 nitrogen and oxygen atoms in total. The van der Waals surface area contributed by atoms with Crippen LogP contribution in [0.25, 0.3) is 0 Å². The van der Waals surface area contributed by atoms with E-state index in [0.29, 0.717) is 0 Å². The number of carbonyl (C=O) groups is 5. The molecule has 230 valence electrons. The van der Waals surface area contributed by atoms with Crippen LogP contribution in [0.5, 0.6) is 5.75 Å². The Labute approximate surface area is 238 Å². The molecule has 2 heterocycles. The Morgan fingerprint density at radius 2 is 1.81 bits per heavy atom. The number of benzene rings is 1. The van der Waals surface area contributed by atoms with Gasteiger partial charge in [-0.1, -0.05) is 34.6 Å². The quantitative estimate of drug-likeness (QED) is 0.347. The molecule has 5 N–H and O–H groups in total. The number of hydrogen-bond acceptors (Lipinski definition) is 6. The number of amides is 5. The van der Waals surface area contributed by atoms with Crippen LogP contribution in [0.1, 0.15) is 41.0 Å². The number of alkyl halides is 3. The van der Waals surface area contributed by atoms with Crippen LogP contribution in [0.4, 0.5) is 23.2 Å². The average Bonchev–Trinajstić information content (AvgIpc) is 3.19. The molecule has 0 aromatic heterocycles. The molecular weight excluding hydrogens is 566 g/mol. The number of piperidine rings is 1. The van der Waals surface area contributed by atoms with Gasteiger partial charge in [0.2, 0.25) is 17.7 Å². The first kappa shape index (κ1) is 31.0. The Bertz CT molecular complexity index is 1330. The van der Waals surface area contributed by atoms with Gasteiger partial charge in [0, 0.05) is 19.0 Å². The van der Waals surface area contributed by atoms with Crippen molar-refractivity contribution >= 4 is 35.2 Å². The van der Waals surface area contributed by atoms with Crippen LogP contribution in [-0.2, 0) is 24.0 Å². The van der Waals surface area contributed by atoms with E-state index in [4.69, 9.17) is 10.5 Å². The molecule has 6 atom stereocenters. The van der Waals surface area contributed by atoms with E-state index < -0.39 is 83.0 Å². The highest BCUT2D eigenvalue weighted by atomic mass is 19.4. The normalized spacial score (nSPS) is 25.6. The maximum absolute atomic E-state index is 13.6. The summed E-state index contributed by atoms with van der Waals surface area (Å²) in [6.45, 7) is 8.24. The summed E-state index contributed by atoms with van der Waals surface area (Å²) in [4.78, 5) is 65.1. The smallest absolute Gasteiger partial charge is 0.471 e. The zero-order valence-electron chi connectivity index (χ0n) is 23.6. The highest BCUT2D eigenvalue weighted by Crippen LogP contribution is 2.65. The first-order valence-corrected chi connectivity index (χ1v) is 13.3. The second-order valence-electron chi connectivity index (χ2n) is 12.6. The number of carbonyl (C=O) groups excluding carboxylic acids is 5. The molecule has 1 aromatic rings. The van der Waals surface area contributed by atoms with Crippen molar-refractivity contribution in [3.63, 3.8) is 0 Å². The molecule has 5 amide bonds. The van der Waals surface area contributed by atoms with Gasteiger partial charge < -0.3 is 31.3 Å². The van der Waals surface area contributed by atoms with Crippen molar-refractivity contribution in [2.45, 2.75) is 71.4 Å². The van der Waals surface area contributed by atoms with Gasteiger partial charge in [-0.15, -0.1) is 0 Å². The van der Waals surface area contributed by atoms with Crippen molar-refractivity contribution in [3.05, 3.63) is 24.0 Å². The van der Waals surface area contributed by atoms with Crippen molar-refractivity contribution in [1.82, 2.24) is 15.5 Å². The molecule has 2 fully saturated rings. The zero-order valence-corrected chi connectivity index (χ0v) is 23.6. The van der Waals surface area contributed by atoms with Gasteiger partial charge in [-0.25, -0.2) is 4.39 Å². The first-order chi connectivity index (χ1) is 19.2. The van der Waals surface area contributed by atoms with E-state index in [-0.39, 0.29) is 29.8 Å². The van der Waals surface area contributed by atoms with Crippen molar-refractivity contribution in [1.29, 1.82) is 0 Å². The van der Waals surface area contributed by atoms with E-state index in [9.17, 15) is 41.5 Å². The number of anilines is 1. The Kier molecular flexibility index (Phi) is 7.70. The number of primary amides is 1. The molecule has 1 saturated carbocycles. The molecule has 42 heavy (non-hydrogen) atoms. The van der Waals surface area contributed by atoms with E-state index in [1.165, 1.54) is 26.8 Å². The van der Waals surface area contributed by atoms with E-state index >= 15 is 0 Å². The van der Waals surface area contributed by atoms with Crippen LogP contribution in [0.15, 0.2) is 18.2 Å². The monoisotopic (exact) mass is 599 g/mol. The average molecular weight is 600 g/mol. The summed E-state index contributed by atoms with van der Waals surface area (Å²) in [5.74, 6) is -6.68. The number of nitrogens with two attached hydrogens (primary N) is 1. The molecule has 1 aromatic carbocycles. The van der Waals surface area contributed by atoms with E-state index in [1.54, 1.807) is 5.32 Å². The van der Waals surface area contributed by atoms with Crippen LogP contribution in [0.3, 0.4) is 0 Å². The van der Waals surface area contributed by atoms with Gasteiger partial charge in [-0.2, -0.15) is 13.2 Å². The predicted octanol–water partition coefficient (Wildman–Crippen LogP) is 1.46. The number of nitrogens with one attached hydrogen (secondary N) is 3. The summed E-state index contributed by atoms with van der Waals surface area (Å²) in [6.07, 6.45) is -6.91. The van der Waals surface area contributed by atoms with Crippen molar-refractivity contribution in [2.24, 2.45) is 28.4 Å². The minimum atomic E-state index is -5.23. The molecule has 0 bridgehead atoms. The first-order valence-electron chi connectivity index (χ1n) is 13.3. The minimum Gasteiger partial charge on any atom is -0.478 e. The predicted molar refractivity (Wildman–Crippen MR) is 139 cm³/mol.